The second-order valence-electron chi connectivity index (χ2n) is 6.08. The van der Waals surface area contributed by atoms with E-state index in [1.54, 1.807) is 26.4 Å². The number of hydrogen-bond acceptors (Lipinski definition) is 5. The quantitative estimate of drug-likeness (QED) is 0.746. The Kier molecular flexibility index (Phi) is 6.50. The summed E-state index contributed by atoms with van der Waals surface area (Å²) in [5, 5.41) is 10.3. The molecule has 1 fully saturated rings. The van der Waals surface area contributed by atoms with E-state index in [0.717, 1.165) is 13.1 Å². The molecule has 1 heterocycles. The van der Waals surface area contributed by atoms with Crippen LogP contribution in [0.25, 0.3) is 0 Å². The van der Waals surface area contributed by atoms with Gasteiger partial charge in [-0.05, 0) is 26.0 Å². The number of quaternary nitrogens is 1. The Morgan fingerprint density at radius 3 is 2.26 bits per heavy atom. The molecule has 0 radical (unpaired) electrons. The number of benzene rings is 1. The lowest BCUT2D eigenvalue weighted by Gasteiger charge is -2.33. The lowest BCUT2D eigenvalue weighted by molar-refractivity contribution is -0.918. The lowest BCUT2D eigenvalue weighted by Crippen LogP contribution is -3.16. The van der Waals surface area contributed by atoms with Gasteiger partial charge in [-0.25, -0.2) is 0 Å². The minimum Gasteiger partial charge on any atom is -0.493 e. The van der Waals surface area contributed by atoms with Gasteiger partial charge in [-0.15, -0.1) is 0 Å². The van der Waals surface area contributed by atoms with Crippen LogP contribution in [0, 0.1) is 0 Å². The van der Waals surface area contributed by atoms with Crippen molar-refractivity contribution < 1.29 is 29.0 Å². The molecule has 130 valence electrons. The molecule has 0 saturated carbocycles. The Labute approximate surface area is 137 Å². The summed E-state index contributed by atoms with van der Waals surface area (Å²) >= 11 is 0. The number of rotatable bonds is 7. The Morgan fingerprint density at radius 1 is 1.17 bits per heavy atom. The average Bonchev–Trinajstić information content (AvgIpc) is 2.51. The summed E-state index contributed by atoms with van der Waals surface area (Å²) in [6.07, 6.45) is -0.121. The maximum atomic E-state index is 10.3. The minimum absolute atomic E-state index is 0.198. The van der Waals surface area contributed by atoms with E-state index in [0.29, 0.717) is 23.8 Å². The largest absolute Gasteiger partial charge is 0.493 e. The second kappa shape index (κ2) is 8.38. The van der Waals surface area contributed by atoms with Gasteiger partial charge >= 0.3 is 0 Å². The molecule has 0 amide bonds. The Hall–Kier alpha value is -1.50. The van der Waals surface area contributed by atoms with E-state index < -0.39 is 6.10 Å². The molecular weight excluding hydrogens is 298 g/mol. The highest BCUT2D eigenvalue weighted by Gasteiger charge is 2.27. The highest BCUT2D eigenvalue weighted by atomic mass is 16.5. The zero-order valence-corrected chi connectivity index (χ0v) is 14.4. The van der Waals surface area contributed by atoms with E-state index in [2.05, 4.69) is 13.8 Å². The third-order valence-electron chi connectivity index (χ3n) is 3.94. The maximum Gasteiger partial charge on any atom is 0.203 e. The third kappa shape index (κ3) is 4.99. The molecule has 3 atom stereocenters. The van der Waals surface area contributed by atoms with Gasteiger partial charge in [0.2, 0.25) is 5.75 Å². The molecule has 1 aromatic rings. The number of morpholine rings is 1. The highest BCUT2D eigenvalue weighted by Crippen LogP contribution is 2.36. The van der Waals surface area contributed by atoms with Crippen molar-refractivity contribution in [1.29, 1.82) is 0 Å². The fourth-order valence-electron chi connectivity index (χ4n) is 3.09. The monoisotopic (exact) mass is 326 g/mol. The van der Waals surface area contributed by atoms with Gasteiger partial charge in [-0.3, -0.25) is 0 Å². The van der Waals surface area contributed by atoms with Gasteiger partial charge in [0, 0.05) is 0 Å². The molecule has 1 aliphatic rings. The normalized spacial score (nSPS) is 25.7. The smallest absolute Gasteiger partial charge is 0.203 e. The Balaban J connectivity index is 1.90. The van der Waals surface area contributed by atoms with Gasteiger partial charge in [-0.1, -0.05) is 6.07 Å². The van der Waals surface area contributed by atoms with E-state index in [4.69, 9.17) is 18.9 Å². The predicted octanol–water partition coefficient (Wildman–Crippen LogP) is 0.136. The van der Waals surface area contributed by atoms with Crippen LogP contribution in [-0.4, -0.2) is 63.9 Å². The number of methoxy groups -OCH3 is 2. The summed E-state index contributed by atoms with van der Waals surface area (Å²) in [5.74, 6) is 1.71. The summed E-state index contributed by atoms with van der Waals surface area (Å²) in [5.41, 5.74) is 0. The van der Waals surface area contributed by atoms with Crippen molar-refractivity contribution in [1.82, 2.24) is 0 Å². The van der Waals surface area contributed by atoms with Crippen LogP contribution in [0.1, 0.15) is 13.8 Å². The molecule has 2 N–H and O–H groups in total. The topological polar surface area (TPSA) is 61.6 Å². The predicted molar refractivity (Wildman–Crippen MR) is 86.6 cm³/mol. The van der Waals surface area contributed by atoms with E-state index in [9.17, 15) is 5.11 Å². The summed E-state index contributed by atoms with van der Waals surface area (Å²) in [4.78, 5) is 1.33. The number of para-hydroxylation sites is 1. The number of hydrogen-bond donors (Lipinski definition) is 2. The van der Waals surface area contributed by atoms with Gasteiger partial charge in [0.05, 0.1) is 14.2 Å². The van der Waals surface area contributed by atoms with Crippen LogP contribution in [-0.2, 0) is 4.74 Å². The second-order valence-corrected chi connectivity index (χ2v) is 6.08. The van der Waals surface area contributed by atoms with Crippen molar-refractivity contribution >= 4 is 0 Å². The molecule has 1 aliphatic heterocycles. The SMILES string of the molecule is COc1cccc(OC)c1OCC(O)C[NH+]1CC(C)OC(C)C1. The van der Waals surface area contributed by atoms with Crippen LogP contribution in [0.3, 0.4) is 0 Å². The molecule has 3 unspecified atom stereocenters. The average molecular weight is 326 g/mol. The third-order valence-corrected chi connectivity index (χ3v) is 3.94. The molecule has 6 heteroatoms. The summed E-state index contributed by atoms with van der Waals surface area (Å²) in [7, 11) is 3.16. The van der Waals surface area contributed by atoms with Gasteiger partial charge in [0.25, 0.3) is 0 Å². The maximum absolute atomic E-state index is 10.3. The first-order chi connectivity index (χ1) is 11.0. The number of nitrogens with one attached hydrogen (secondary N) is 1. The fourth-order valence-corrected chi connectivity index (χ4v) is 3.09. The van der Waals surface area contributed by atoms with Crippen molar-refractivity contribution in [2.24, 2.45) is 0 Å². The van der Waals surface area contributed by atoms with E-state index >= 15 is 0 Å². The number of aliphatic hydroxyl groups is 1. The van der Waals surface area contributed by atoms with Gasteiger partial charge < -0.3 is 29.0 Å². The van der Waals surface area contributed by atoms with E-state index in [1.165, 1.54) is 4.90 Å². The molecule has 1 saturated heterocycles. The summed E-state index contributed by atoms with van der Waals surface area (Å²) in [6, 6.07) is 5.45. The minimum atomic E-state index is -0.558. The molecule has 6 nitrogen and oxygen atoms in total. The Morgan fingerprint density at radius 2 is 1.74 bits per heavy atom. The Bertz CT molecular complexity index is 464. The van der Waals surface area contributed by atoms with Gasteiger partial charge in [0.1, 0.15) is 44.6 Å². The molecule has 1 aromatic carbocycles. The van der Waals surface area contributed by atoms with Crippen LogP contribution in [0.4, 0.5) is 0 Å². The first-order valence-electron chi connectivity index (χ1n) is 8.04. The summed E-state index contributed by atoms with van der Waals surface area (Å²) < 4.78 is 22.1. The molecule has 23 heavy (non-hydrogen) atoms. The van der Waals surface area contributed by atoms with Crippen LogP contribution >= 0.6 is 0 Å². The molecule has 0 spiro atoms. The van der Waals surface area contributed by atoms with Crippen LogP contribution in [0.5, 0.6) is 17.2 Å². The fraction of sp³-hybridized carbons (Fsp3) is 0.647. The van der Waals surface area contributed by atoms with Crippen molar-refractivity contribution in [2.75, 3.05) is 40.5 Å². The molecule has 0 aromatic heterocycles. The lowest BCUT2D eigenvalue weighted by atomic mass is 10.2. The highest BCUT2D eigenvalue weighted by molar-refractivity contribution is 5.51. The number of aliphatic hydroxyl groups excluding tert-OH is 1. The van der Waals surface area contributed by atoms with Crippen LogP contribution in [0.2, 0.25) is 0 Å². The van der Waals surface area contributed by atoms with E-state index in [1.807, 2.05) is 6.07 Å². The van der Waals surface area contributed by atoms with Crippen molar-refractivity contribution in [3.63, 3.8) is 0 Å². The van der Waals surface area contributed by atoms with Crippen molar-refractivity contribution in [3.05, 3.63) is 18.2 Å². The van der Waals surface area contributed by atoms with Crippen LogP contribution < -0.4 is 19.1 Å². The summed E-state index contributed by atoms with van der Waals surface area (Å²) in [6.45, 7) is 6.77. The molecule has 0 aliphatic carbocycles. The number of ether oxygens (including phenoxy) is 4. The first kappa shape index (κ1) is 17.8. The zero-order valence-electron chi connectivity index (χ0n) is 14.4. The molecule has 2 rings (SSSR count). The molecular formula is C17H28NO5+. The van der Waals surface area contributed by atoms with Crippen LogP contribution in [0.15, 0.2) is 18.2 Å². The first-order valence-corrected chi connectivity index (χ1v) is 8.04. The van der Waals surface area contributed by atoms with Gasteiger partial charge in [-0.2, -0.15) is 0 Å². The van der Waals surface area contributed by atoms with Crippen molar-refractivity contribution in [2.45, 2.75) is 32.2 Å². The standard InChI is InChI=1S/C17H27NO5/c1-12-8-18(9-13(2)23-12)10-14(19)11-22-17-15(20-3)6-5-7-16(17)21-4/h5-7,12-14,19H,8-11H2,1-4H3/p+1. The van der Waals surface area contributed by atoms with Crippen molar-refractivity contribution in [3.8, 4) is 17.2 Å². The van der Waals surface area contributed by atoms with E-state index in [-0.39, 0.29) is 18.8 Å². The van der Waals surface area contributed by atoms with Gasteiger partial charge in [0.15, 0.2) is 11.5 Å². The zero-order chi connectivity index (χ0) is 16.8. The molecule has 0 bridgehead atoms.